The molecule has 134 valence electrons. The summed E-state index contributed by atoms with van der Waals surface area (Å²) in [4.78, 5) is 30.1. The quantitative estimate of drug-likeness (QED) is 0.640. The van der Waals surface area contributed by atoms with Gasteiger partial charge in [-0.15, -0.1) is 11.3 Å². The maximum absolute atomic E-state index is 12.4. The van der Waals surface area contributed by atoms with Gasteiger partial charge in [-0.2, -0.15) is 0 Å². The Kier molecular flexibility index (Phi) is 5.80. The largest absolute Gasteiger partial charge is 0.348 e. The predicted octanol–water partition coefficient (Wildman–Crippen LogP) is 4.38. The molecule has 0 spiro atoms. The minimum atomic E-state index is -0.259. The van der Waals surface area contributed by atoms with E-state index in [0.717, 1.165) is 14.6 Å². The van der Waals surface area contributed by atoms with Crippen LogP contribution in [0.25, 0.3) is 10.2 Å². The van der Waals surface area contributed by atoms with Crippen LogP contribution in [0.5, 0.6) is 0 Å². The number of amides is 2. The van der Waals surface area contributed by atoms with E-state index in [-0.39, 0.29) is 11.8 Å². The van der Waals surface area contributed by atoms with Crippen LogP contribution in [0.3, 0.4) is 0 Å². The molecule has 1 aromatic heterocycles. The lowest BCUT2D eigenvalue weighted by Crippen LogP contribution is -2.23. The average molecular weight is 406 g/mol. The van der Waals surface area contributed by atoms with E-state index in [9.17, 15) is 9.59 Å². The highest BCUT2D eigenvalue weighted by molar-refractivity contribution is 8.01. The van der Waals surface area contributed by atoms with Gasteiger partial charge < -0.3 is 10.2 Å². The molecule has 26 heavy (non-hydrogen) atoms. The number of halogens is 1. The molecule has 0 fully saturated rings. The molecule has 0 saturated carbocycles. The highest BCUT2D eigenvalue weighted by atomic mass is 35.5. The highest BCUT2D eigenvalue weighted by Gasteiger charge is 2.12. The van der Waals surface area contributed by atoms with Crippen LogP contribution in [0.1, 0.15) is 10.4 Å². The van der Waals surface area contributed by atoms with E-state index < -0.39 is 0 Å². The van der Waals surface area contributed by atoms with Crippen molar-refractivity contribution >= 4 is 62.4 Å². The molecule has 8 heteroatoms. The van der Waals surface area contributed by atoms with Crippen LogP contribution in [-0.2, 0) is 4.79 Å². The SMILES string of the molecule is CN(C)C(=O)CSc1nc2ccc(NC(=O)c3ccccc3Cl)cc2s1. The minimum absolute atomic E-state index is 0.0435. The van der Waals surface area contributed by atoms with E-state index in [1.807, 2.05) is 12.1 Å². The molecule has 2 aromatic carbocycles. The molecule has 5 nitrogen and oxygen atoms in total. The predicted molar refractivity (Wildman–Crippen MR) is 108 cm³/mol. The fourth-order valence-electron chi connectivity index (χ4n) is 2.14. The van der Waals surface area contributed by atoms with E-state index >= 15 is 0 Å². The van der Waals surface area contributed by atoms with Crippen molar-refractivity contribution in [2.75, 3.05) is 25.2 Å². The molecular weight excluding hydrogens is 390 g/mol. The first-order valence-corrected chi connectivity index (χ1v) is 9.91. The van der Waals surface area contributed by atoms with Crippen molar-refractivity contribution in [2.24, 2.45) is 0 Å². The van der Waals surface area contributed by atoms with Gasteiger partial charge >= 0.3 is 0 Å². The van der Waals surface area contributed by atoms with Crippen molar-refractivity contribution in [2.45, 2.75) is 4.34 Å². The number of carbonyl (C=O) groups excluding carboxylic acids is 2. The third kappa shape index (κ3) is 4.35. The van der Waals surface area contributed by atoms with Crippen LogP contribution in [-0.4, -0.2) is 41.5 Å². The zero-order chi connectivity index (χ0) is 18.7. The Bertz CT molecular complexity index is 972. The van der Waals surface area contributed by atoms with Crippen molar-refractivity contribution in [1.82, 2.24) is 9.88 Å². The third-order valence-corrected chi connectivity index (χ3v) is 6.04. The van der Waals surface area contributed by atoms with E-state index in [4.69, 9.17) is 11.6 Å². The van der Waals surface area contributed by atoms with Crippen LogP contribution in [0.4, 0.5) is 5.69 Å². The van der Waals surface area contributed by atoms with Crippen LogP contribution in [0.15, 0.2) is 46.8 Å². The van der Waals surface area contributed by atoms with Crippen molar-refractivity contribution in [3.63, 3.8) is 0 Å². The van der Waals surface area contributed by atoms with Crippen molar-refractivity contribution in [3.05, 3.63) is 53.1 Å². The number of rotatable bonds is 5. The normalized spacial score (nSPS) is 10.7. The number of thiazole rings is 1. The molecule has 3 aromatic rings. The number of anilines is 1. The maximum Gasteiger partial charge on any atom is 0.257 e. The number of nitrogens with zero attached hydrogens (tertiary/aromatic N) is 2. The number of carbonyl (C=O) groups is 2. The molecule has 0 bridgehead atoms. The molecule has 0 aliphatic carbocycles. The number of fused-ring (bicyclic) bond motifs is 1. The Hall–Kier alpha value is -2.09. The van der Waals surface area contributed by atoms with Gasteiger partial charge in [-0.25, -0.2) is 4.98 Å². The first-order chi connectivity index (χ1) is 12.4. The molecule has 0 aliphatic heterocycles. The van der Waals surface area contributed by atoms with Gasteiger partial charge in [-0.1, -0.05) is 35.5 Å². The smallest absolute Gasteiger partial charge is 0.257 e. The second-order valence-corrected chi connectivity index (χ2v) is 8.33. The fraction of sp³-hybridized carbons (Fsp3) is 0.167. The summed E-state index contributed by atoms with van der Waals surface area (Å²) in [5, 5.41) is 3.26. The minimum Gasteiger partial charge on any atom is -0.348 e. The van der Waals surface area contributed by atoms with E-state index in [2.05, 4.69) is 10.3 Å². The zero-order valence-electron chi connectivity index (χ0n) is 14.2. The zero-order valence-corrected chi connectivity index (χ0v) is 16.5. The number of thioether (sulfide) groups is 1. The van der Waals surface area contributed by atoms with Gasteiger partial charge in [0.1, 0.15) is 0 Å². The van der Waals surface area contributed by atoms with E-state index in [1.54, 1.807) is 49.3 Å². The molecule has 1 N–H and O–H groups in total. The monoisotopic (exact) mass is 405 g/mol. The van der Waals surface area contributed by atoms with Gasteiger partial charge in [0, 0.05) is 19.8 Å². The molecule has 0 aliphatic rings. The highest BCUT2D eigenvalue weighted by Crippen LogP contribution is 2.31. The van der Waals surface area contributed by atoms with Gasteiger partial charge in [0.05, 0.1) is 26.6 Å². The lowest BCUT2D eigenvalue weighted by molar-refractivity contribution is -0.125. The second-order valence-electron chi connectivity index (χ2n) is 5.67. The summed E-state index contributed by atoms with van der Waals surface area (Å²) < 4.78 is 1.77. The second kappa shape index (κ2) is 8.07. The first kappa shape index (κ1) is 18.7. The van der Waals surface area contributed by atoms with E-state index in [0.29, 0.717) is 22.0 Å². The molecule has 0 radical (unpaired) electrons. The van der Waals surface area contributed by atoms with Gasteiger partial charge in [-0.05, 0) is 30.3 Å². The summed E-state index contributed by atoms with van der Waals surface area (Å²) in [5.41, 5.74) is 1.94. The van der Waals surface area contributed by atoms with Gasteiger partial charge in [0.15, 0.2) is 4.34 Å². The maximum atomic E-state index is 12.4. The lowest BCUT2D eigenvalue weighted by atomic mass is 10.2. The number of hydrogen-bond donors (Lipinski definition) is 1. The summed E-state index contributed by atoms with van der Waals surface area (Å²) in [6, 6.07) is 12.4. The van der Waals surface area contributed by atoms with Crippen LogP contribution in [0.2, 0.25) is 5.02 Å². The fourth-order valence-corrected chi connectivity index (χ4v) is 4.45. The van der Waals surface area contributed by atoms with E-state index in [1.165, 1.54) is 23.1 Å². The number of benzene rings is 2. The average Bonchev–Trinajstić information content (AvgIpc) is 3.02. The summed E-state index contributed by atoms with van der Waals surface area (Å²) in [6.45, 7) is 0. The summed E-state index contributed by atoms with van der Waals surface area (Å²) in [5.74, 6) is 0.135. The molecule has 2 amide bonds. The Morgan fingerprint density at radius 1 is 1.23 bits per heavy atom. The molecule has 1 heterocycles. The third-order valence-electron chi connectivity index (χ3n) is 3.56. The Morgan fingerprint density at radius 3 is 2.73 bits per heavy atom. The lowest BCUT2D eigenvalue weighted by Gasteiger charge is -2.07. The Balaban J connectivity index is 1.74. The van der Waals surface area contributed by atoms with Crippen LogP contribution < -0.4 is 5.32 Å². The van der Waals surface area contributed by atoms with Gasteiger partial charge in [0.25, 0.3) is 5.91 Å². The Labute approximate surface area is 164 Å². The van der Waals surface area contributed by atoms with Crippen molar-refractivity contribution in [1.29, 1.82) is 0 Å². The first-order valence-electron chi connectivity index (χ1n) is 7.73. The van der Waals surface area contributed by atoms with Crippen molar-refractivity contribution in [3.8, 4) is 0 Å². The molecule has 0 atom stereocenters. The van der Waals surface area contributed by atoms with Crippen molar-refractivity contribution < 1.29 is 9.59 Å². The molecular formula is C18H16ClN3O2S2. The summed E-state index contributed by atoms with van der Waals surface area (Å²) in [7, 11) is 3.46. The van der Waals surface area contributed by atoms with Crippen LogP contribution in [0, 0.1) is 0 Å². The van der Waals surface area contributed by atoms with Gasteiger partial charge in [0.2, 0.25) is 5.91 Å². The molecule has 3 rings (SSSR count). The number of nitrogens with one attached hydrogen (secondary N) is 1. The Morgan fingerprint density at radius 2 is 2.00 bits per heavy atom. The molecule has 0 saturated heterocycles. The standard InChI is InChI=1S/C18H16ClN3O2S2/c1-22(2)16(23)10-25-18-21-14-8-7-11(9-15(14)26-18)20-17(24)12-5-3-4-6-13(12)19/h3-9H,10H2,1-2H3,(H,20,24). The van der Waals surface area contributed by atoms with Gasteiger partial charge in [-0.3, -0.25) is 9.59 Å². The topological polar surface area (TPSA) is 62.3 Å². The van der Waals surface area contributed by atoms with Crippen LogP contribution >= 0.6 is 34.7 Å². The summed E-state index contributed by atoms with van der Waals surface area (Å²) in [6.07, 6.45) is 0. The number of hydrogen-bond acceptors (Lipinski definition) is 5. The molecule has 0 unspecified atom stereocenters. The summed E-state index contributed by atoms with van der Waals surface area (Å²) >= 11 is 8.97. The number of aromatic nitrogens is 1.